The molecule has 2 N–H and O–H groups in total. The molecule has 0 saturated heterocycles. The fraction of sp³-hybridized carbons (Fsp3) is 0.240. The monoisotopic (exact) mass is 418 g/mol. The van der Waals surface area contributed by atoms with Crippen LogP contribution in [0.2, 0.25) is 0 Å². The Morgan fingerprint density at radius 1 is 1.00 bits per heavy atom. The highest BCUT2D eigenvalue weighted by Gasteiger charge is 2.25. The molecule has 0 bridgehead atoms. The minimum Gasteiger partial charge on any atom is -0.492 e. The fourth-order valence-electron chi connectivity index (χ4n) is 3.48. The van der Waals surface area contributed by atoms with E-state index in [-0.39, 0.29) is 12.0 Å². The van der Waals surface area contributed by atoms with Crippen LogP contribution in [-0.4, -0.2) is 31.8 Å². The van der Waals surface area contributed by atoms with Gasteiger partial charge in [-0.1, -0.05) is 54.6 Å². The van der Waals surface area contributed by atoms with E-state index >= 15 is 0 Å². The quantitative estimate of drug-likeness (QED) is 0.574. The summed E-state index contributed by atoms with van der Waals surface area (Å²) in [5.41, 5.74) is 1.51. The Morgan fingerprint density at radius 3 is 2.52 bits per heavy atom. The molecule has 6 heteroatoms. The van der Waals surface area contributed by atoms with Crippen molar-refractivity contribution in [2.75, 3.05) is 25.1 Å². The zero-order valence-electron chi connectivity index (χ0n) is 17.4. The van der Waals surface area contributed by atoms with Gasteiger partial charge in [-0.3, -0.25) is 10.1 Å². The lowest BCUT2D eigenvalue weighted by Gasteiger charge is -2.28. The van der Waals surface area contributed by atoms with Crippen molar-refractivity contribution in [3.63, 3.8) is 0 Å². The maximum atomic E-state index is 13.2. The second-order valence-electron chi connectivity index (χ2n) is 7.17. The van der Waals surface area contributed by atoms with Crippen molar-refractivity contribution in [3.05, 3.63) is 84.4 Å². The minimum atomic E-state index is -0.559. The Bertz CT molecular complexity index is 1010. The first-order chi connectivity index (χ1) is 15.2. The van der Waals surface area contributed by atoms with Crippen LogP contribution in [0.5, 0.6) is 17.2 Å². The number of para-hydroxylation sites is 4. The number of nitrogens with one attached hydrogen (secondary N) is 2. The largest absolute Gasteiger partial charge is 0.492 e. The van der Waals surface area contributed by atoms with E-state index in [4.69, 9.17) is 14.2 Å². The fourth-order valence-corrected chi connectivity index (χ4v) is 3.48. The summed E-state index contributed by atoms with van der Waals surface area (Å²) in [6.45, 7) is 3.31. The Kier molecular flexibility index (Phi) is 6.69. The predicted molar refractivity (Wildman–Crippen MR) is 120 cm³/mol. The summed E-state index contributed by atoms with van der Waals surface area (Å²) in [6.07, 6.45) is -0.204. The van der Waals surface area contributed by atoms with E-state index in [1.807, 2.05) is 85.8 Å². The summed E-state index contributed by atoms with van der Waals surface area (Å²) >= 11 is 0. The van der Waals surface area contributed by atoms with Crippen molar-refractivity contribution in [3.8, 4) is 17.2 Å². The summed E-state index contributed by atoms with van der Waals surface area (Å²) in [6, 6.07) is 24.1. The molecule has 1 amide bonds. The molecule has 6 nitrogen and oxygen atoms in total. The normalized spacial score (nSPS) is 15.7. The van der Waals surface area contributed by atoms with Crippen molar-refractivity contribution >= 4 is 11.6 Å². The van der Waals surface area contributed by atoms with Gasteiger partial charge in [0.05, 0.1) is 12.3 Å². The van der Waals surface area contributed by atoms with Crippen LogP contribution < -0.4 is 24.8 Å². The molecule has 1 aliphatic rings. The molecule has 0 spiro atoms. The first-order valence-electron chi connectivity index (χ1n) is 10.4. The molecule has 31 heavy (non-hydrogen) atoms. The van der Waals surface area contributed by atoms with E-state index in [0.717, 1.165) is 11.3 Å². The number of carbonyl (C=O) groups is 1. The third-order valence-corrected chi connectivity index (χ3v) is 4.96. The molecule has 0 unspecified atom stereocenters. The maximum Gasteiger partial charge on any atom is 0.246 e. The van der Waals surface area contributed by atoms with Crippen molar-refractivity contribution in [1.82, 2.24) is 5.32 Å². The van der Waals surface area contributed by atoms with Crippen molar-refractivity contribution in [2.45, 2.75) is 19.1 Å². The van der Waals surface area contributed by atoms with Gasteiger partial charge in [-0.15, -0.1) is 0 Å². The average molecular weight is 418 g/mol. The summed E-state index contributed by atoms with van der Waals surface area (Å²) in [5, 5.41) is 6.35. The Balaban J connectivity index is 1.47. The number of carbonyl (C=O) groups excluding carboxylic acids is 1. The molecular formula is C25H26N2O4. The van der Waals surface area contributed by atoms with Crippen LogP contribution in [0.15, 0.2) is 78.9 Å². The molecular weight excluding hydrogens is 392 g/mol. The highest BCUT2D eigenvalue weighted by atomic mass is 16.6. The number of hydrogen-bond acceptors (Lipinski definition) is 5. The minimum absolute atomic E-state index is 0.171. The first kappa shape index (κ1) is 20.8. The maximum absolute atomic E-state index is 13.2. The Labute approximate surface area is 182 Å². The number of benzene rings is 3. The van der Waals surface area contributed by atoms with Crippen LogP contribution >= 0.6 is 0 Å². The summed E-state index contributed by atoms with van der Waals surface area (Å²) in [4.78, 5) is 13.2. The van der Waals surface area contributed by atoms with Gasteiger partial charge in [0, 0.05) is 6.54 Å². The molecule has 0 fully saturated rings. The SMILES string of the molecule is CCOc1ccccc1NC(=O)[C@H](NC[C@@H]1COc2ccccc2O1)c1ccccc1. The van der Waals surface area contributed by atoms with Crippen molar-refractivity contribution < 1.29 is 19.0 Å². The number of hydrogen-bond donors (Lipinski definition) is 2. The zero-order chi connectivity index (χ0) is 21.5. The molecule has 0 aromatic heterocycles. The molecule has 0 aliphatic carbocycles. The van der Waals surface area contributed by atoms with Crippen LogP contribution in [0.4, 0.5) is 5.69 Å². The molecule has 4 rings (SSSR count). The zero-order valence-corrected chi connectivity index (χ0v) is 17.4. The second-order valence-corrected chi connectivity index (χ2v) is 7.17. The first-order valence-corrected chi connectivity index (χ1v) is 10.4. The standard InChI is InChI=1S/C25H26N2O4/c1-2-29-21-13-7-6-12-20(21)27-25(28)24(18-10-4-3-5-11-18)26-16-19-17-30-22-14-8-9-15-23(22)31-19/h3-15,19,24,26H,2,16-17H2,1H3,(H,27,28)/t19-,24-/m1/s1. The summed E-state index contributed by atoms with van der Waals surface area (Å²) in [7, 11) is 0. The molecule has 160 valence electrons. The van der Waals surface area contributed by atoms with Gasteiger partial charge in [0.2, 0.25) is 5.91 Å². The lowest BCUT2D eigenvalue weighted by molar-refractivity contribution is -0.118. The van der Waals surface area contributed by atoms with Crippen LogP contribution in [-0.2, 0) is 4.79 Å². The lowest BCUT2D eigenvalue weighted by atomic mass is 10.1. The topological polar surface area (TPSA) is 68.8 Å². The number of fused-ring (bicyclic) bond motifs is 1. The number of rotatable bonds is 8. The van der Waals surface area contributed by atoms with Gasteiger partial charge < -0.3 is 19.5 Å². The molecule has 3 aromatic rings. The number of amides is 1. The highest BCUT2D eigenvalue weighted by Crippen LogP contribution is 2.31. The predicted octanol–water partition coefficient (Wildman–Crippen LogP) is 4.19. The smallest absolute Gasteiger partial charge is 0.246 e. The van der Waals surface area contributed by atoms with E-state index in [1.165, 1.54) is 0 Å². The van der Waals surface area contributed by atoms with E-state index in [2.05, 4.69) is 10.6 Å². The van der Waals surface area contributed by atoms with E-state index in [1.54, 1.807) is 0 Å². The van der Waals surface area contributed by atoms with Crippen molar-refractivity contribution in [1.29, 1.82) is 0 Å². The van der Waals surface area contributed by atoms with E-state index in [9.17, 15) is 4.79 Å². The van der Waals surface area contributed by atoms with Gasteiger partial charge in [-0.25, -0.2) is 0 Å². The van der Waals surface area contributed by atoms with Gasteiger partial charge in [0.15, 0.2) is 11.5 Å². The Hall–Kier alpha value is -3.51. The van der Waals surface area contributed by atoms with Gasteiger partial charge >= 0.3 is 0 Å². The van der Waals surface area contributed by atoms with Gasteiger partial charge in [-0.05, 0) is 36.8 Å². The van der Waals surface area contributed by atoms with Gasteiger partial charge in [0.1, 0.15) is 24.5 Å². The summed E-state index contributed by atoms with van der Waals surface area (Å²) in [5.74, 6) is 1.93. The molecule has 0 radical (unpaired) electrons. The van der Waals surface area contributed by atoms with E-state index < -0.39 is 6.04 Å². The van der Waals surface area contributed by atoms with Crippen LogP contribution in [0, 0.1) is 0 Å². The van der Waals surface area contributed by atoms with Crippen LogP contribution in [0.25, 0.3) is 0 Å². The number of ether oxygens (including phenoxy) is 3. The lowest BCUT2D eigenvalue weighted by Crippen LogP contribution is -2.42. The van der Waals surface area contributed by atoms with Crippen LogP contribution in [0.3, 0.4) is 0 Å². The third-order valence-electron chi connectivity index (χ3n) is 4.96. The average Bonchev–Trinajstić information content (AvgIpc) is 2.81. The third kappa shape index (κ3) is 5.16. The van der Waals surface area contributed by atoms with E-state index in [0.29, 0.717) is 36.9 Å². The molecule has 3 aromatic carbocycles. The van der Waals surface area contributed by atoms with Gasteiger partial charge in [0.25, 0.3) is 0 Å². The molecule has 0 saturated carbocycles. The molecule has 1 aliphatic heterocycles. The van der Waals surface area contributed by atoms with Crippen molar-refractivity contribution in [2.24, 2.45) is 0 Å². The Morgan fingerprint density at radius 2 is 1.71 bits per heavy atom. The molecule has 1 heterocycles. The summed E-state index contributed by atoms with van der Waals surface area (Å²) < 4.78 is 17.5. The molecule has 2 atom stereocenters. The van der Waals surface area contributed by atoms with Gasteiger partial charge in [-0.2, -0.15) is 0 Å². The highest BCUT2D eigenvalue weighted by molar-refractivity contribution is 5.96. The van der Waals surface area contributed by atoms with Crippen LogP contribution in [0.1, 0.15) is 18.5 Å². The second kappa shape index (κ2) is 10.00. The number of anilines is 1.